The summed E-state index contributed by atoms with van der Waals surface area (Å²) in [6.07, 6.45) is 10.9. The quantitative estimate of drug-likeness (QED) is 0.0324. The molecule has 9 aromatic rings. The first-order chi connectivity index (χ1) is 44.3. The number of ether oxygens (including phenoxy) is 6. The Morgan fingerprint density at radius 2 is 0.747 bits per heavy atom. The lowest BCUT2D eigenvalue weighted by Gasteiger charge is -2.48. The Kier molecular flexibility index (Phi) is 17.8. The summed E-state index contributed by atoms with van der Waals surface area (Å²) in [4.78, 5) is 5.22. The van der Waals surface area contributed by atoms with Gasteiger partial charge in [0.15, 0.2) is 0 Å². The SMILES string of the molecule is COc1cc2c3c(c4cc(OC)c(CO)c(CO)c4c2cc1CO)CC1CCC[N+]1([O-])C3.COc1cc2c3c(c4cc(OC)c(CO)cc4c2cc1CO)CN1CCCC1C3.COc1cc2c3c(c4cc(OC)c(CO)cc4c2cc1CO)CN1CCCCC1C3. The van der Waals surface area contributed by atoms with Crippen molar-refractivity contribution in [2.24, 2.45) is 0 Å². The number of aliphatic hydroxyl groups is 7. The third kappa shape index (κ3) is 10.6. The number of quaternary nitrogens is 1. The molecule has 3 saturated heterocycles. The van der Waals surface area contributed by atoms with Crippen LogP contribution in [0.4, 0.5) is 0 Å². The Morgan fingerprint density at radius 1 is 0.374 bits per heavy atom. The second-order valence-corrected chi connectivity index (χ2v) is 25.6. The molecule has 3 fully saturated rings. The number of piperidine rings is 1. The first-order valence-electron chi connectivity index (χ1n) is 32.1. The van der Waals surface area contributed by atoms with Gasteiger partial charge in [-0.15, -0.1) is 0 Å². The van der Waals surface area contributed by atoms with Gasteiger partial charge in [-0.1, -0.05) is 6.42 Å². The third-order valence-electron chi connectivity index (χ3n) is 21.3. The van der Waals surface area contributed by atoms with E-state index in [1.165, 1.54) is 75.9 Å². The van der Waals surface area contributed by atoms with Crippen LogP contribution in [0, 0.1) is 5.21 Å². The van der Waals surface area contributed by atoms with Gasteiger partial charge in [-0.05, 0) is 216 Å². The van der Waals surface area contributed by atoms with Crippen molar-refractivity contribution >= 4 is 64.6 Å². The number of rotatable bonds is 13. The second-order valence-electron chi connectivity index (χ2n) is 25.6. The summed E-state index contributed by atoms with van der Waals surface area (Å²) >= 11 is 0. The molecule has 0 spiro atoms. The lowest BCUT2D eigenvalue weighted by Crippen LogP contribution is -2.49. The highest BCUT2D eigenvalue weighted by Crippen LogP contribution is 2.50. The Bertz CT molecular complexity index is 4150. The molecule has 4 unspecified atom stereocenters. The van der Waals surface area contributed by atoms with E-state index in [0.717, 1.165) is 151 Å². The Hall–Kier alpha value is -7.10. The van der Waals surface area contributed by atoms with Crippen molar-refractivity contribution in [1.29, 1.82) is 0 Å². The third-order valence-corrected chi connectivity index (χ3v) is 21.3. The molecular formula is C74H85N3O14. The monoisotopic (exact) mass is 1240 g/mol. The van der Waals surface area contributed by atoms with Crippen LogP contribution in [0.3, 0.4) is 0 Å². The molecule has 4 atom stereocenters. The van der Waals surface area contributed by atoms with Gasteiger partial charge in [0.05, 0.1) is 101 Å². The minimum Gasteiger partial charge on any atom is -0.632 e. The molecule has 17 heteroatoms. The van der Waals surface area contributed by atoms with E-state index in [1.54, 1.807) is 42.7 Å². The molecule has 6 aliphatic heterocycles. The van der Waals surface area contributed by atoms with E-state index in [4.69, 9.17) is 28.4 Å². The predicted octanol–water partition coefficient (Wildman–Crippen LogP) is 10.4. The van der Waals surface area contributed by atoms with E-state index in [1.807, 2.05) is 36.4 Å². The highest BCUT2D eigenvalue weighted by Gasteiger charge is 2.42. The van der Waals surface area contributed by atoms with Gasteiger partial charge < -0.3 is 74.0 Å². The molecule has 17 nitrogen and oxygen atoms in total. The van der Waals surface area contributed by atoms with E-state index in [-0.39, 0.29) is 56.9 Å². The van der Waals surface area contributed by atoms with Crippen molar-refractivity contribution in [3.63, 3.8) is 0 Å². The number of methoxy groups -OCH3 is 6. The van der Waals surface area contributed by atoms with Crippen LogP contribution in [-0.2, 0) is 85.1 Å². The van der Waals surface area contributed by atoms with Crippen LogP contribution in [0.1, 0.15) is 117 Å². The van der Waals surface area contributed by atoms with E-state index in [9.17, 15) is 41.0 Å². The summed E-state index contributed by atoms with van der Waals surface area (Å²) in [5.41, 5.74) is 12.5. The van der Waals surface area contributed by atoms with Gasteiger partial charge in [-0.3, -0.25) is 9.80 Å². The Labute approximate surface area is 530 Å². The van der Waals surface area contributed by atoms with Crippen LogP contribution < -0.4 is 28.4 Å². The van der Waals surface area contributed by atoms with Gasteiger partial charge in [0.1, 0.15) is 41.0 Å². The summed E-state index contributed by atoms with van der Waals surface area (Å²) in [6, 6.07) is 23.5. The number of benzene rings is 9. The zero-order valence-electron chi connectivity index (χ0n) is 53.2. The summed E-state index contributed by atoms with van der Waals surface area (Å²) in [5.74, 6) is 4.01. The standard InChI is InChI=1S/C25H29NO6.C25H29NO4.C24H27NO4/c1-31-23-8-17-18(6-14(23)11-27)25-19(9-24(32-2)21(12-28)22(25)13-29)16-7-15-4-3-5-26(15,30)10-20(16)17;1-29-24-10-21-18(7-15(24)13-27)19-8-16(14-28)25(30-2)11-22(19)23-12-26-6-4-3-5-17(26)9-20(21)23;1-28-23-9-20-17(6-14(23)12-26)18-7-15(13-27)24(29-2)10-21(18)22-11-25-5-3-4-16(25)8-19(20)22/h6,8-9,15,27-29H,3-5,7,10-13H2,1-2H3;7-8,10-11,17,27-28H,3-6,9,12-14H2,1-2H3;6-7,9-10,16,26-27H,3-5,8,11-13H2,1-2H3. The minimum atomic E-state index is -0.264. The largest absolute Gasteiger partial charge is 0.632 e. The highest BCUT2D eigenvalue weighted by atomic mass is 16.5. The van der Waals surface area contributed by atoms with Gasteiger partial charge in [0.2, 0.25) is 0 Å². The zero-order valence-corrected chi connectivity index (χ0v) is 53.2. The van der Waals surface area contributed by atoms with Crippen LogP contribution in [-0.4, -0.2) is 131 Å². The molecule has 15 rings (SSSR count). The minimum absolute atomic E-state index is 0.0304. The lowest BCUT2D eigenvalue weighted by molar-refractivity contribution is -0.907. The Balaban J connectivity index is 0.000000125. The molecule has 6 aliphatic rings. The number of hydrogen-bond donors (Lipinski definition) is 7. The van der Waals surface area contributed by atoms with Gasteiger partial charge in [0.25, 0.3) is 0 Å². The van der Waals surface area contributed by atoms with Crippen LogP contribution >= 0.6 is 0 Å². The molecular weight excluding hydrogens is 1150 g/mol. The average Bonchev–Trinajstić information content (AvgIpc) is 1.38. The number of nitrogens with zero attached hydrogens (tertiary/aromatic N) is 3. The van der Waals surface area contributed by atoms with E-state index >= 15 is 0 Å². The molecule has 0 radical (unpaired) electrons. The van der Waals surface area contributed by atoms with Crippen LogP contribution in [0.25, 0.3) is 64.6 Å². The number of hydrogen-bond acceptors (Lipinski definition) is 16. The van der Waals surface area contributed by atoms with Gasteiger partial charge in [-0.2, -0.15) is 0 Å². The van der Waals surface area contributed by atoms with Crippen LogP contribution in [0.5, 0.6) is 34.5 Å². The molecule has 9 aromatic carbocycles. The average molecular weight is 1240 g/mol. The van der Waals surface area contributed by atoms with Crippen molar-refractivity contribution in [3.05, 3.63) is 144 Å². The van der Waals surface area contributed by atoms with Gasteiger partial charge in [0, 0.05) is 83.4 Å². The number of fused-ring (bicyclic) bond motifs is 21. The molecule has 91 heavy (non-hydrogen) atoms. The lowest BCUT2D eigenvalue weighted by atomic mass is 9.82. The summed E-state index contributed by atoms with van der Waals surface area (Å²) < 4.78 is 33.3. The summed E-state index contributed by atoms with van der Waals surface area (Å²) in [7, 11) is 9.75. The molecule has 0 bridgehead atoms. The predicted molar refractivity (Wildman–Crippen MR) is 353 cm³/mol. The fourth-order valence-corrected chi connectivity index (χ4v) is 16.8. The van der Waals surface area contributed by atoms with Gasteiger partial charge >= 0.3 is 0 Å². The normalized spacial score (nSPS) is 20.1. The highest BCUT2D eigenvalue weighted by molar-refractivity contribution is 6.15. The summed E-state index contributed by atoms with van der Waals surface area (Å²) in [6.45, 7) is 4.21. The Morgan fingerprint density at radius 3 is 1.16 bits per heavy atom. The van der Waals surface area contributed by atoms with E-state index < -0.39 is 0 Å². The molecule has 0 amide bonds. The van der Waals surface area contributed by atoms with Crippen LogP contribution in [0.2, 0.25) is 0 Å². The molecule has 0 aliphatic carbocycles. The number of hydroxylamine groups is 3. The smallest absolute Gasteiger partial charge is 0.125 e. The molecule has 0 saturated carbocycles. The molecule has 480 valence electrons. The van der Waals surface area contributed by atoms with E-state index in [0.29, 0.717) is 59.8 Å². The van der Waals surface area contributed by atoms with Crippen molar-refractivity contribution in [2.75, 3.05) is 62.3 Å². The zero-order chi connectivity index (χ0) is 63.6. The second kappa shape index (κ2) is 25.8. The topological polar surface area (TPSA) is 227 Å². The first-order valence-corrected chi connectivity index (χ1v) is 32.1. The molecule has 7 N–H and O–H groups in total. The number of aliphatic hydroxyl groups excluding tert-OH is 7. The fraction of sp³-hybridized carbons (Fsp3) is 0.432. The van der Waals surface area contributed by atoms with Crippen molar-refractivity contribution in [1.82, 2.24) is 9.80 Å². The first kappa shape index (κ1) is 62.7. The fourth-order valence-electron chi connectivity index (χ4n) is 16.8. The van der Waals surface area contributed by atoms with Crippen molar-refractivity contribution in [3.8, 4) is 34.5 Å². The van der Waals surface area contributed by atoms with Crippen molar-refractivity contribution in [2.45, 2.75) is 148 Å². The molecule has 0 aromatic heterocycles. The van der Waals surface area contributed by atoms with Crippen LogP contribution in [0.15, 0.2) is 66.7 Å². The maximum absolute atomic E-state index is 13.6. The maximum Gasteiger partial charge on any atom is 0.125 e. The summed E-state index contributed by atoms with van der Waals surface area (Å²) in [5, 5.41) is 96.3. The van der Waals surface area contributed by atoms with Gasteiger partial charge in [-0.25, -0.2) is 0 Å². The maximum atomic E-state index is 13.6. The van der Waals surface area contributed by atoms with Crippen molar-refractivity contribution < 1.29 is 68.8 Å². The van der Waals surface area contributed by atoms with E-state index in [2.05, 4.69) is 40.1 Å². The molecule has 6 heterocycles.